The summed E-state index contributed by atoms with van der Waals surface area (Å²) >= 11 is 0. The summed E-state index contributed by atoms with van der Waals surface area (Å²) < 4.78 is 5.10. The third kappa shape index (κ3) is 2.49. The minimum absolute atomic E-state index is 0.0310. The molecule has 3 heteroatoms. The van der Waals surface area contributed by atoms with Gasteiger partial charge in [-0.25, -0.2) is 0 Å². The number of aryl methyl sites for hydroxylation is 1. The Kier molecular flexibility index (Phi) is 3.08. The molecule has 0 aromatic heterocycles. The van der Waals surface area contributed by atoms with Gasteiger partial charge in [-0.05, 0) is 25.3 Å². The molecule has 0 aliphatic carbocycles. The van der Waals surface area contributed by atoms with Crippen LogP contribution in [0.1, 0.15) is 18.9 Å². The number of hydrogen-bond acceptors (Lipinski definition) is 3. The van der Waals surface area contributed by atoms with Crippen LogP contribution in [-0.4, -0.2) is 24.0 Å². The normalized spacial score (nSPS) is 25.1. The molecular formula is C13H17NO2. The van der Waals surface area contributed by atoms with Crippen LogP contribution in [0.15, 0.2) is 30.3 Å². The molecule has 1 aliphatic heterocycles. The Bertz CT molecular complexity index is 371. The maximum atomic E-state index is 11.8. The van der Waals surface area contributed by atoms with Crippen LogP contribution in [0.25, 0.3) is 0 Å². The third-order valence-electron chi connectivity index (χ3n) is 3.02. The number of carbonyl (C=O) groups is 1. The van der Waals surface area contributed by atoms with E-state index in [0.717, 1.165) is 6.42 Å². The first-order chi connectivity index (χ1) is 7.62. The fraction of sp³-hybridized carbons (Fsp3) is 0.462. The Hall–Kier alpha value is -1.19. The lowest BCUT2D eigenvalue weighted by Crippen LogP contribution is -2.39. The quantitative estimate of drug-likeness (QED) is 0.759. The lowest BCUT2D eigenvalue weighted by Gasteiger charge is -2.12. The third-order valence-corrected chi connectivity index (χ3v) is 3.02. The number of benzene rings is 1. The summed E-state index contributed by atoms with van der Waals surface area (Å²) in [5.74, 6) is 0.0310. The summed E-state index contributed by atoms with van der Waals surface area (Å²) in [6.45, 7) is 2.32. The van der Waals surface area contributed by atoms with Crippen molar-refractivity contribution < 1.29 is 9.53 Å². The molecular weight excluding hydrogens is 202 g/mol. The summed E-state index contributed by atoms with van der Waals surface area (Å²) in [6, 6.07) is 9.65. The summed E-state index contributed by atoms with van der Waals surface area (Å²) in [5, 5.41) is 0. The Morgan fingerprint density at radius 1 is 1.50 bits per heavy atom. The van der Waals surface area contributed by atoms with Gasteiger partial charge in [-0.15, -0.1) is 0 Å². The maximum absolute atomic E-state index is 11.8. The molecule has 1 aromatic carbocycles. The van der Waals surface area contributed by atoms with E-state index in [-0.39, 0.29) is 5.78 Å². The van der Waals surface area contributed by atoms with Crippen LogP contribution in [0.4, 0.5) is 0 Å². The standard InChI is InChI=1S/C13H17NO2/c1-13(9-16-13)12(15)11(14)8-7-10-5-3-2-4-6-10/h2-6,11H,7-9,14H2,1H3. The monoisotopic (exact) mass is 219 g/mol. The van der Waals surface area contributed by atoms with Gasteiger partial charge in [0, 0.05) is 0 Å². The highest BCUT2D eigenvalue weighted by Crippen LogP contribution is 2.28. The van der Waals surface area contributed by atoms with Gasteiger partial charge >= 0.3 is 0 Å². The van der Waals surface area contributed by atoms with E-state index in [1.54, 1.807) is 6.92 Å². The molecule has 1 aliphatic rings. The lowest BCUT2D eigenvalue weighted by atomic mass is 9.96. The highest BCUT2D eigenvalue weighted by molar-refractivity contribution is 5.93. The van der Waals surface area contributed by atoms with Crippen molar-refractivity contribution >= 4 is 5.78 Å². The predicted molar refractivity (Wildman–Crippen MR) is 62.1 cm³/mol. The van der Waals surface area contributed by atoms with E-state index >= 15 is 0 Å². The van der Waals surface area contributed by atoms with Gasteiger partial charge in [0.1, 0.15) is 5.60 Å². The summed E-state index contributed by atoms with van der Waals surface area (Å²) in [7, 11) is 0. The van der Waals surface area contributed by atoms with Gasteiger partial charge in [-0.1, -0.05) is 30.3 Å². The Morgan fingerprint density at radius 3 is 2.69 bits per heavy atom. The van der Waals surface area contributed by atoms with E-state index in [4.69, 9.17) is 10.5 Å². The second kappa shape index (κ2) is 4.36. The summed E-state index contributed by atoms with van der Waals surface area (Å²) in [6.07, 6.45) is 1.52. The molecule has 3 nitrogen and oxygen atoms in total. The zero-order valence-corrected chi connectivity index (χ0v) is 9.48. The number of ketones is 1. The van der Waals surface area contributed by atoms with E-state index in [9.17, 15) is 4.79 Å². The van der Waals surface area contributed by atoms with Crippen LogP contribution in [0.2, 0.25) is 0 Å². The van der Waals surface area contributed by atoms with Crippen molar-refractivity contribution in [3.05, 3.63) is 35.9 Å². The molecule has 0 saturated carbocycles. The van der Waals surface area contributed by atoms with E-state index in [2.05, 4.69) is 0 Å². The van der Waals surface area contributed by atoms with Crippen molar-refractivity contribution in [3.63, 3.8) is 0 Å². The Balaban J connectivity index is 1.84. The lowest BCUT2D eigenvalue weighted by molar-refractivity contribution is -0.124. The molecule has 1 aromatic rings. The zero-order chi connectivity index (χ0) is 11.6. The second-order valence-electron chi connectivity index (χ2n) is 4.51. The molecule has 0 spiro atoms. The van der Waals surface area contributed by atoms with Crippen molar-refractivity contribution in [2.24, 2.45) is 5.73 Å². The molecule has 1 saturated heterocycles. The van der Waals surface area contributed by atoms with Gasteiger partial charge in [0.05, 0.1) is 12.6 Å². The molecule has 2 atom stereocenters. The van der Waals surface area contributed by atoms with Crippen molar-refractivity contribution in [2.75, 3.05) is 6.61 Å². The van der Waals surface area contributed by atoms with Gasteiger partial charge in [-0.2, -0.15) is 0 Å². The summed E-state index contributed by atoms with van der Waals surface area (Å²) in [5.41, 5.74) is 6.49. The smallest absolute Gasteiger partial charge is 0.183 e. The van der Waals surface area contributed by atoms with Crippen LogP contribution >= 0.6 is 0 Å². The minimum atomic E-state index is -0.587. The maximum Gasteiger partial charge on any atom is 0.183 e. The molecule has 0 radical (unpaired) electrons. The number of hydrogen-bond donors (Lipinski definition) is 1. The largest absolute Gasteiger partial charge is 0.362 e. The summed E-state index contributed by atoms with van der Waals surface area (Å²) in [4.78, 5) is 11.8. The minimum Gasteiger partial charge on any atom is -0.362 e. The van der Waals surface area contributed by atoms with Gasteiger partial charge in [-0.3, -0.25) is 4.79 Å². The molecule has 86 valence electrons. The average molecular weight is 219 g/mol. The van der Waals surface area contributed by atoms with Crippen LogP contribution < -0.4 is 5.73 Å². The van der Waals surface area contributed by atoms with Crippen LogP contribution in [-0.2, 0) is 16.0 Å². The highest BCUT2D eigenvalue weighted by atomic mass is 16.6. The molecule has 0 bridgehead atoms. The first kappa shape index (κ1) is 11.3. The van der Waals surface area contributed by atoms with Crippen molar-refractivity contribution in [2.45, 2.75) is 31.4 Å². The molecule has 2 rings (SSSR count). The van der Waals surface area contributed by atoms with Gasteiger partial charge in [0.25, 0.3) is 0 Å². The van der Waals surface area contributed by atoms with E-state index in [0.29, 0.717) is 13.0 Å². The molecule has 1 heterocycles. The van der Waals surface area contributed by atoms with Crippen molar-refractivity contribution in [1.82, 2.24) is 0 Å². The van der Waals surface area contributed by atoms with Crippen molar-refractivity contribution in [1.29, 1.82) is 0 Å². The Labute approximate surface area is 95.6 Å². The number of Topliss-reactive ketones (excluding diaryl/α,β-unsaturated/α-hetero) is 1. The fourth-order valence-electron chi connectivity index (χ4n) is 1.74. The highest BCUT2D eigenvalue weighted by Gasteiger charge is 2.48. The topological polar surface area (TPSA) is 55.6 Å². The average Bonchev–Trinajstić information content (AvgIpc) is 3.06. The molecule has 2 unspecified atom stereocenters. The van der Waals surface area contributed by atoms with Crippen molar-refractivity contribution in [3.8, 4) is 0 Å². The van der Waals surface area contributed by atoms with Gasteiger partial charge in [0.15, 0.2) is 5.78 Å². The fourth-order valence-corrected chi connectivity index (χ4v) is 1.74. The Morgan fingerprint density at radius 2 is 2.12 bits per heavy atom. The first-order valence-electron chi connectivity index (χ1n) is 5.59. The van der Waals surface area contributed by atoms with Crippen LogP contribution in [0, 0.1) is 0 Å². The number of nitrogens with two attached hydrogens (primary N) is 1. The number of rotatable bonds is 5. The van der Waals surface area contributed by atoms with Crippen LogP contribution in [0.5, 0.6) is 0 Å². The number of carbonyl (C=O) groups excluding carboxylic acids is 1. The predicted octanol–water partition coefficient (Wildman–Crippen LogP) is 1.30. The van der Waals surface area contributed by atoms with E-state index in [1.165, 1.54) is 5.56 Å². The van der Waals surface area contributed by atoms with E-state index in [1.807, 2.05) is 30.3 Å². The zero-order valence-electron chi connectivity index (χ0n) is 9.48. The number of epoxide rings is 1. The number of ether oxygens (including phenoxy) is 1. The van der Waals surface area contributed by atoms with Crippen LogP contribution in [0.3, 0.4) is 0 Å². The molecule has 1 fully saturated rings. The van der Waals surface area contributed by atoms with E-state index < -0.39 is 11.6 Å². The molecule has 0 amide bonds. The molecule has 16 heavy (non-hydrogen) atoms. The first-order valence-corrected chi connectivity index (χ1v) is 5.59. The van der Waals surface area contributed by atoms with Gasteiger partial charge < -0.3 is 10.5 Å². The second-order valence-corrected chi connectivity index (χ2v) is 4.51. The van der Waals surface area contributed by atoms with Gasteiger partial charge in [0.2, 0.25) is 0 Å². The SMILES string of the molecule is CC1(C(=O)C(N)CCc2ccccc2)CO1. The molecule has 2 N–H and O–H groups in total.